The first-order valence-electron chi connectivity index (χ1n) is 7.31. The summed E-state index contributed by atoms with van der Waals surface area (Å²) in [6.45, 7) is 0. The Morgan fingerprint density at radius 3 is 2.57 bits per heavy atom. The van der Waals surface area contributed by atoms with Gasteiger partial charge in [0, 0.05) is 12.5 Å². The summed E-state index contributed by atoms with van der Waals surface area (Å²) in [4.78, 5) is 34.5. The number of nitrogens with two attached hydrogens (primary N) is 1. The minimum atomic E-state index is -1.16. The number of rotatable bonds is 6. The van der Waals surface area contributed by atoms with Crippen molar-refractivity contribution in [3.05, 3.63) is 0 Å². The number of hydrogen-bond acceptors (Lipinski definition) is 5. The monoisotopic (exact) mass is 300 g/mol. The van der Waals surface area contributed by atoms with Crippen LogP contribution in [0, 0.1) is 5.92 Å². The van der Waals surface area contributed by atoms with Gasteiger partial charge in [-0.3, -0.25) is 9.59 Å². The average molecular weight is 300 g/mol. The van der Waals surface area contributed by atoms with E-state index in [1.165, 1.54) is 7.11 Å². The van der Waals surface area contributed by atoms with Crippen molar-refractivity contribution < 1.29 is 24.2 Å². The van der Waals surface area contributed by atoms with Gasteiger partial charge in [-0.1, -0.05) is 19.3 Å². The predicted octanol–water partition coefficient (Wildman–Crippen LogP) is 0.417. The van der Waals surface area contributed by atoms with Crippen LogP contribution in [0.5, 0.6) is 0 Å². The second-order valence-corrected chi connectivity index (χ2v) is 5.42. The number of carboxylic acid groups (broad SMARTS) is 1. The smallest absolute Gasteiger partial charge is 0.326 e. The Bertz CT molecular complexity index is 386. The van der Waals surface area contributed by atoms with Crippen LogP contribution in [0.15, 0.2) is 0 Å². The highest BCUT2D eigenvalue weighted by molar-refractivity contribution is 5.85. The third kappa shape index (κ3) is 5.71. The maximum absolute atomic E-state index is 12.2. The molecule has 0 aromatic heterocycles. The van der Waals surface area contributed by atoms with Gasteiger partial charge in [-0.05, 0) is 19.3 Å². The lowest BCUT2D eigenvalue weighted by molar-refractivity contribution is -0.144. The molecule has 0 bridgehead atoms. The van der Waals surface area contributed by atoms with Gasteiger partial charge < -0.3 is 20.9 Å². The maximum atomic E-state index is 12.2. The topological polar surface area (TPSA) is 119 Å². The highest BCUT2D eigenvalue weighted by Crippen LogP contribution is 2.22. The van der Waals surface area contributed by atoms with E-state index >= 15 is 0 Å². The van der Waals surface area contributed by atoms with Gasteiger partial charge in [0.1, 0.15) is 6.04 Å². The van der Waals surface area contributed by atoms with Crippen LogP contribution in [0.25, 0.3) is 0 Å². The molecule has 0 aromatic carbocycles. The molecule has 1 amide bonds. The molecular weight excluding hydrogens is 276 g/mol. The van der Waals surface area contributed by atoms with Crippen LogP contribution in [0.2, 0.25) is 0 Å². The highest BCUT2D eigenvalue weighted by atomic mass is 16.5. The quantitative estimate of drug-likeness (QED) is 0.483. The van der Waals surface area contributed by atoms with Crippen molar-refractivity contribution in [3.8, 4) is 0 Å². The zero-order chi connectivity index (χ0) is 15.8. The van der Waals surface area contributed by atoms with Gasteiger partial charge in [0.15, 0.2) is 0 Å². The highest BCUT2D eigenvalue weighted by Gasteiger charge is 2.30. The van der Waals surface area contributed by atoms with E-state index in [0.717, 1.165) is 25.7 Å². The molecule has 4 N–H and O–H groups in total. The summed E-state index contributed by atoms with van der Waals surface area (Å²) in [5, 5.41) is 11.6. The summed E-state index contributed by atoms with van der Waals surface area (Å²) >= 11 is 0. The van der Waals surface area contributed by atoms with Crippen molar-refractivity contribution >= 4 is 17.8 Å². The summed E-state index contributed by atoms with van der Waals surface area (Å²) in [5.41, 5.74) is 5.99. The van der Waals surface area contributed by atoms with Crippen molar-refractivity contribution in [1.29, 1.82) is 0 Å². The van der Waals surface area contributed by atoms with E-state index in [1.54, 1.807) is 0 Å². The van der Waals surface area contributed by atoms with E-state index < -0.39 is 18.0 Å². The number of aliphatic carboxylic acids is 1. The van der Waals surface area contributed by atoms with Crippen LogP contribution in [0.4, 0.5) is 0 Å². The van der Waals surface area contributed by atoms with Crippen LogP contribution >= 0.6 is 0 Å². The minimum absolute atomic E-state index is 0.00963. The molecular formula is C14H24N2O5. The van der Waals surface area contributed by atoms with Crippen molar-refractivity contribution in [2.45, 2.75) is 57.0 Å². The number of methoxy groups -OCH3 is 1. The van der Waals surface area contributed by atoms with Crippen LogP contribution in [-0.4, -0.2) is 42.1 Å². The molecule has 0 heterocycles. The molecule has 1 rings (SSSR count). The zero-order valence-corrected chi connectivity index (χ0v) is 12.3. The minimum Gasteiger partial charge on any atom is -0.480 e. The van der Waals surface area contributed by atoms with Crippen LogP contribution in [0.3, 0.4) is 0 Å². The second-order valence-electron chi connectivity index (χ2n) is 5.42. The van der Waals surface area contributed by atoms with E-state index in [9.17, 15) is 14.4 Å². The van der Waals surface area contributed by atoms with Gasteiger partial charge in [0.05, 0.1) is 13.0 Å². The number of nitrogens with one attached hydrogen (secondary N) is 1. The maximum Gasteiger partial charge on any atom is 0.326 e. The molecule has 0 aromatic rings. The lowest BCUT2D eigenvalue weighted by Gasteiger charge is -2.23. The Morgan fingerprint density at radius 2 is 1.95 bits per heavy atom. The Labute approximate surface area is 124 Å². The molecule has 0 aliphatic heterocycles. The number of amides is 1. The Morgan fingerprint density at radius 1 is 1.29 bits per heavy atom. The number of ether oxygens (including phenoxy) is 1. The van der Waals surface area contributed by atoms with E-state index in [-0.39, 0.29) is 30.7 Å². The number of carbonyl (C=O) groups excluding carboxylic acids is 2. The fourth-order valence-corrected chi connectivity index (χ4v) is 2.56. The average Bonchev–Trinajstić information content (AvgIpc) is 2.67. The number of carbonyl (C=O) groups is 3. The zero-order valence-electron chi connectivity index (χ0n) is 12.3. The summed E-state index contributed by atoms with van der Waals surface area (Å²) in [7, 11) is 1.24. The molecule has 0 saturated heterocycles. The molecule has 0 spiro atoms. The van der Waals surface area contributed by atoms with Gasteiger partial charge in [0.2, 0.25) is 5.91 Å². The molecule has 7 nitrogen and oxygen atoms in total. The summed E-state index contributed by atoms with van der Waals surface area (Å²) < 4.78 is 4.47. The Hall–Kier alpha value is -1.63. The van der Waals surface area contributed by atoms with Crippen LogP contribution in [-0.2, 0) is 19.1 Å². The van der Waals surface area contributed by atoms with Gasteiger partial charge in [-0.2, -0.15) is 0 Å². The van der Waals surface area contributed by atoms with E-state index in [0.29, 0.717) is 6.42 Å². The van der Waals surface area contributed by atoms with E-state index in [4.69, 9.17) is 10.8 Å². The molecule has 21 heavy (non-hydrogen) atoms. The molecule has 1 fully saturated rings. The van der Waals surface area contributed by atoms with Crippen LogP contribution in [0.1, 0.15) is 44.9 Å². The first-order valence-corrected chi connectivity index (χ1v) is 7.31. The molecule has 1 aliphatic carbocycles. The van der Waals surface area contributed by atoms with Gasteiger partial charge in [-0.25, -0.2) is 4.79 Å². The third-order valence-electron chi connectivity index (χ3n) is 3.89. The third-order valence-corrected chi connectivity index (χ3v) is 3.89. The lowest BCUT2D eigenvalue weighted by Crippen LogP contribution is -2.48. The second kappa shape index (κ2) is 8.61. The predicted molar refractivity (Wildman–Crippen MR) is 75.4 cm³/mol. The largest absolute Gasteiger partial charge is 0.480 e. The van der Waals surface area contributed by atoms with E-state index in [1.807, 2.05) is 0 Å². The SMILES string of the molecule is COC(=O)CCC(NC(=O)C1CCCCCC1N)C(=O)O. The van der Waals surface area contributed by atoms with Gasteiger partial charge in [0.25, 0.3) is 0 Å². The van der Waals surface area contributed by atoms with Crippen molar-refractivity contribution in [2.75, 3.05) is 7.11 Å². The molecule has 120 valence electrons. The van der Waals surface area contributed by atoms with Gasteiger partial charge >= 0.3 is 11.9 Å². The Kier molecular flexibility index (Phi) is 7.14. The normalized spacial score (nSPS) is 23.7. The summed E-state index contributed by atoms with van der Waals surface area (Å²) in [5.74, 6) is -2.34. The molecule has 3 unspecified atom stereocenters. The number of hydrogen-bond donors (Lipinski definition) is 3. The van der Waals surface area contributed by atoms with E-state index in [2.05, 4.69) is 10.1 Å². The standard InChI is InChI=1S/C14H24N2O5/c1-21-12(17)8-7-11(14(19)20)16-13(18)9-5-3-2-4-6-10(9)15/h9-11H,2-8,15H2,1H3,(H,16,18)(H,19,20). The lowest BCUT2D eigenvalue weighted by atomic mass is 9.94. The first-order chi connectivity index (χ1) is 9.95. The summed E-state index contributed by atoms with van der Waals surface area (Å²) in [6.07, 6.45) is 4.37. The van der Waals surface area contributed by atoms with Gasteiger partial charge in [-0.15, -0.1) is 0 Å². The van der Waals surface area contributed by atoms with Crippen LogP contribution < -0.4 is 11.1 Å². The molecule has 1 saturated carbocycles. The molecule has 3 atom stereocenters. The molecule has 0 radical (unpaired) electrons. The Balaban J connectivity index is 2.58. The fraction of sp³-hybridized carbons (Fsp3) is 0.786. The fourth-order valence-electron chi connectivity index (χ4n) is 2.56. The van der Waals surface area contributed by atoms with Crippen molar-refractivity contribution in [3.63, 3.8) is 0 Å². The molecule has 1 aliphatic rings. The molecule has 7 heteroatoms. The first kappa shape index (κ1) is 17.4. The summed E-state index contributed by atoms with van der Waals surface area (Å²) in [6, 6.07) is -1.32. The number of esters is 1. The van der Waals surface area contributed by atoms with Crippen molar-refractivity contribution in [2.24, 2.45) is 11.7 Å². The van der Waals surface area contributed by atoms with Crippen molar-refractivity contribution in [1.82, 2.24) is 5.32 Å². The number of carboxylic acids is 1.